The Balaban J connectivity index is 1.93. The lowest BCUT2D eigenvalue weighted by Gasteiger charge is -2.42. The first-order valence-electron chi connectivity index (χ1n) is 5.93. The number of thiocarbonyl (C=S) groups is 1. The molecule has 3 atom stereocenters. The average Bonchev–Trinajstić information content (AvgIpc) is 2.16. The van der Waals surface area contributed by atoms with Crippen LogP contribution in [0, 0.1) is 11.8 Å². The predicted octanol–water partition coefficient (Wildman–Crippen LogP) is 1.16. The van der Waals surface area contributed by atoms with Crippen LogP contribution in [0.5, 0.6) is 0 Å². The second-order valence-electron chi connectivity index (χ2n) is 5.10. The quantitative estimate of drug-likeness (QED) is 0.657. The van der Waals surface area contributed by atoms with Crippen molar-refractivity contribution in [2.75, 3.05) is 19.6 Å². The van der Waals surface area contributed by atoms with E-state index in [2.05, 4.69) is 29.4 Å². The minimum absolute atomic E-state index is 0.462. The maximum absolute atomic E-state index is 5.16. The fourth-order valence-electron chi connectivity index (χ4n) is 2.84. The molecule has 0 saturated carbocycles. The van der Waals surface area contributed by atoms with E-state index in [1.807, 2.05) is 0 Å². The molecule has 3 nitrogen and oxygen atoms in total. The molecule has 0 aromatic carbocycles. The summed E-state index contributed by atoms with van der Waals surface area (Å²) in [6.45, 7) is 8.13. The standard InChI is InChI=1S/C11H21N3S/c1-8-5-9(2)7-14(6-8)10-3-4-12-11(15)13-10/h8-10H,3-7H2,1-2H3,(H2,12,13,15). The Kier molecular flexibility index (Phi) is 3.46. The van der Waals surface area contributed by atoms with Crippen LogP contribution in [0.3, 0.4) is 0 Å². The van der Waals surface area contributed by atoms with E-state index in [1.54, 1.807) is 0 Å². The number of nitrogens with zero attached hydrogens (tertiary/aromatic N) is 1. The van der Waals surface area contributed by atoms with Crippen LogP contribution in [0.15, 0.2) is 0 Å². The number of piperidine rings is 1. The van der Waals surface area contributed by atoms with Crippen molar-refractivity contribution in [3.05, 3.63) is 0 Å². The minimum atomic E-state index is 0.462. The zero-order valence-electron chi connectivity index (χ0n) is 9.62. The lowest BCUT2D eigenvalue weighted by atomic mass is 9.91. The molecule has 2 heterocycles. The van der Waals surface area contributed by atoms with Gasteiger partial charge in [0.2, 0.25) is 0 Å². The van der Waals surface area contributed by atoms with Gasteiger partial charge in [-0.3, -0.25) is 4.90 Å². The molecule has 3 unspecified atom stereocenters. The molecule has 2 rings (SSSR count). The summed E-state index contributed by atoms with van der Waals surface area (Å²) in [4.78, 5) is 2.56. The smallest absolute Gasteiger partial charge is 0.167 e. The Bertz CT molecular complexity index is 234. The second-order valence-corrected chi connectivity index (χ2v) is 5.51. The zero-order chi connectivity index (χ0) is 10.8. The molecule has 2 fully saturated rings. The van der Waals surface area contributed by atoms with Gasteiger partial charge >= 0.3 is 0 Å². The molecule has 2 aliphatic heterocycles. The maximum Gasteiger partial charge on any atom is 0.167 e. The van der Waals surface area contributed by atoms with Crippen molar-refractivity contribution < 1.29 is 0 Å². The first-order chi connectivity index (χ1) is 7.15. The molecule has 2 N–H and O–H groups in total. The van der Waals surface area contributed by atoms with Crippen LogP contribution in [0.25, 0.3) is 0 Å². The van der Waals surface area contributed by atoms with E-state index in [0.29, 0.717) is 6.17 Å². The summed E-state index contributed by atoms with van der Waals surface area (Å²) in [5, 5.41) is 7.36. The number of hydrogen-bond donors (Lipinski definition) is 2. The molecule has 0 amide bonds. The SMILES string of the molecule is CC1CC(C)CN(C2CCNC(=S)N2)C1. The zero-order valence-corrected chi connectivity index (χ0v) is 10.4. The van der Waals surface area contributed by atoms with Gasteiger partial charge in [0.15, 0.2) is 5.11 Å². The Morgan fingerprint density at radius 1 is 1.27 bits per heavy atom. The number of likely N-dealkylation sites (tertiary alicyclic amines) is 1. The molecule has 15 heavy (non-hydrogen) atoms. The third-order valence-electron chi connectivity index (χ3n) is 3.34. The van der Waals surface area contributed by atoms with Crippen molar-refractivity contribution in [2.24, 2.45) is 11.8 Å². The van der Waals surface area contributed by atoms with Crippen LogP contribution in [-0.4, -0.2) is 35.8 Å². The molecular formula is C11H21N3S. The lowest BCUT2D eigenvalue weighted by molar-refractivity contribution is 0.0804. The predicted molar refractivity (Wildman–Crippen MR) is 66.7 cm³/mol. The Hall–Kier alpha value is -0.350. The summed E-state index contributed by atoms with van der Waals surface area (Å²) in [7, 11) is 0. The van der Waals surface area contributed by atoms with E-state index in [0.717, 1.165) is 29.9 Å². The van der Waals surface area contributed by atoms with Gasteiger partial charge in [0.25, 0.3) is 0 Å². The molecule has 0 aliphatic carbocycles. The lowest BCUT2D eigenvalue weighted by Crippen LogP contribution is -2.59. The first-order valence-corrected chi connectivity index (χ1v) is 6.34. The summed E-state index contributed by atoms with van der Waals surface area (Å²) in [6.07, 6.45) is 2.98. The third-order valence-corrected chi connectivity index (χ3v) is 3.60. The highest BCUT2D eigenvalue weighted by molar-refractivity contribution is 7.80. The summed E-state index contributed by atoms with van der Waals surface area (Å²) in [5.74, 6) is 1.64. The van der Waals surface area contributed by atoms with Crippen LogP contribution < -0.4 is 10.6 Å². The average molecular weight is 227 g/mol. The van der Waals surface area contributed by atoms with Crippen molar-refractivity contribution in [3.8, 4) is 0 Å². The first kappa shape index (κ1) is 11.1. The highest BCUT2D eigenvalue weighted by Crippen LogP contribution is 2.23. The van der Waals surface area contributed by atoms with Crippen molar-refractivity contribution >= 4 is 17.3 Å². The van der Waals surface area contributed by atoms with E-state index < -0.39 is 0 Å². The number of rotatable bonds is 1. The molecule has 0 spiro atoms. The van der Waals surface area contributed by atoms with E-state index in [9.17, 15) is 0 Å². The Morgan fingerprint density at radius 3 is 2.53 bits per heavy atom. The van der Waals surface area contributed by atoms with Gasteiger partial charge in [-0.15, -0.1) is 0 Å². The fraction of sp³-hybridized carbons (Fsp3) is 0.909. The normalized spacial score (nSPS) is 38.3. The monoisotopic (exact) mass is 227 g/mol. The number of hydrogen-bond acceptors (Lipinski definition) is 2. The Morgan fingerprint density at radius 2 is 1.93 bits per heavy atom. The van der Waals surface area contributed by atoms with Gasteiger partial charge in [-0.25, -0.2) is 0 Å². The summed E-state index contributed by atoms with van der Waals surface area (Å²) in [6, 6.07) is 0. The molecule has 2 aliphatic rings. The molecule has 0 aromatic rings. The summed E-state index contributed by atoms with van der Waals surface area (Å²) in [5.41, 5.74) is 0. The van der Waals surface area contributed by atoms with E-state index in [1.165, 1.54) is 19.5 Å². The largest absolute Gasteiger partial charge is 0.363 e. The molecule has 4 heteroatoms. The highest BCUT2D eigenvalue weighted by atomic mass is 32.1. The van der Waals surface area contributed by atoms with E-state index in [4.69, 9.17) is 12.2 Å². The second kappa shape index (κ2) is 4.66. The molecule has 0 aromatic heterocycles. The fourth-order valence-corrected chi connectivity index (χ4v) is 3.07. The molecule has 0 radical (unpaired) electrons. The molecule has 86 valence electrons. The van der Waals surface area contributed by atoms with Gasteiger partial charge in [0.1, 0.15) is 0 Å². The van der Waals surface area contributed by atoms with E-state index >= 15 is 0 Å². The van der Waals surface area contributed by atoms with Crippen molar-refractivity contribution in [3.63, 3.8) is 0 Å². The maximum atomic E-state index is 5.16. The van der Waals surface area contributed by atoms with Crippen molar-refractivity contribution in [1.82, 2.24) is 15.5 Å². The summed E-state index contributed by atoms with van der Waals surface area (Å²) < 4.78 is 0. The van der Waals surface area contributed by atoms with Crippen LogP contribution in [0.1, 0.15) is 26.7 Å². The minimum Gasteiger partial charge on any atom is -0.363 e. The summed E-state index contributed by atoms with van der Waals surface area (Å²) >= 11 is 5.16. The topological polar surface area (TPSA) is 27.3 Å². The highest BCUT2D eigenvalue weighted by Gasteiger charge is 2.28. The van der Waals surface area contributed by atoms with Crippen LogP contribution in [-0.2, 0) is 0 Å². The van der Waals surface area contributed by atoms with Gasteiger partial charge < -0.3 is 10.6 Å². The van der Waals surface area contributed by atoms with Gasteiger partial charge in [-0.1, -0.05) is 13.8 Å². The van der Waals surface area contributed by atoms with Crippen LogP contribution >= 0.6 is 12.2 Å². The van der Waals surface area contributed by atoms with Crippen LogP contribution in [0.2, 0.25) is 0 Å². The third kappa shape index (κ3) is 2.82. The molecule has 2 saturated heterocycles. The Labute approximate surface area is 97.6 Å². The van der Waals surface area contributed by atoms with Gasteiger partial charge in [0, 0.05) is 19.6 Å². The van der Waals surface area contributed by atoms with Gasteiger partial charge in [-0.05, 0) is 36.9 Å². The van der Waals surface area contributed by atoms with Gasteiger partial charge in [-0.2, -0.15) is 0 Å². The number of nitrogens with one attached hydrogen (secondary N) is 2. The van der Waals surface area contributed by atoms with Crippen molar-refractivity contribution in [2.45, 2.75) is 32.9 Å². The molecular weight excluding hydrogens is 206 g/mol. The van der Waals surface area contributed by atoms with E-state index in [-0.39, 0.29) is 0 Å². The van der Waals surface area contributed by atoms with Crippen molar-refractivity contribution in [1.29, 1.82) is 0 Å². The molecule has 0 bridgehead atoms. The van der Waals surface area contributed by atoms with Crippen LogP contribution in [0.4, 0.5) is 0 Å². The van der Waals surface area contributed by atoms with Gasteiger partial charge in [0.05, 0.1) is 6.17 Å².